The molecule has 4 rings (SSSR count). The summed E-state index contributed by atoms with van der Waals surface area (Å²) in [6, 6.07) is 9.38. The number of nitriles is 1. The highest BCUT2D eigenvalue weighted by atomic mass is 16.4. The smallest absolute Gasteiger partial charge is 0.354 e. The van der Waals surface area contributed by atoms with Crippen molar-refractivity contribution in [1.29, 1.82) is 5.26 Å². The molecule has 1 saturated carbocycles. The van der Waals surface area contributed by atoms with Crippen molar-refractivity contribution in [2.75, 3.05) is 5.32 Å². The summed E-state index contributed by atoms with van der Waals surface area (Å²) in [5.74, 6) is -0.217. The van der Waals surface area contributed by atoms with Gasteiger partial charge in [-0.1, -0.05) is 6.07 Å². The first-order valence-electron chi connectivity index (χ1n) is 7.70. The molecule has 0 spiro atoms. The van der Waals surface area contributed by atoms with Gasteiger partial charge in [0, 0.05) is 5.69 Å². The van der Waals surface area contributed by atoms with E-state index >= 15 is 0 Å². The standard InChI is InChI=1S/C18H15N3O2/c19-8-10-2-1-3-13(6-10)21-14-9-20-17(18(22)23)16-12-5-4-11(7-12)15(14)16/h1-3,6,9,11-12,21H,4-5,7H2,(H,22,23). The van der Waals surface area contributed by atoms with Crippen LogP contribution in [0.25, 0.3) is 0 Å². The lowest BCUT2D eigenvalue weighted by Crippen LogP contribution is -2.12. The highest BCUT2D eigenvalue weighted by Gasteiger charge is 2.41. The quantitative estimate of drug-likeness (QED) is 0.901. The summed E-state index contributed by atoms with van der Waals surface area (Å²) in [7, 11) is 0. The van der Waals surface area contributed by atoms with E-state index in [9.17, 15) is 9.90 Å². The van der Waals surface area contributed by atoms with Crippen LogP contribution >= 0.6 is 0 Å². The van der Waals surface area contributed by atoms with Gasteiger partial charge >= 0.3 is 5.97 Å². The van der Waals surface area contributed by atoms with E-state index in [1.54, 1.807) is 18.3 Å². The van der Waals surface area contributed by atoms with Crippen molar-refractivity contribution in [3.63, 3.8) is 0 Å². The number of pyridine rings is 1. The number of benzene rings is 1. The highest BCUT2D eigenvalue weighted by Crippen LogP contribution is 2.56. The maximum Gasteiger partial charge on any atom is 0.354 e. The van der Waals surface area contributed by atoms with E-state index in [1.807, 2.05) is 12.1 Å². The number of carboxylic acid groups (broad SMARTS) is 1. The molecule has 2 aromatic rings. The first-order chi connectivity index (χ1) is 11.2. The molecule has 5 nitrogen and oxygen atoms in total. The number of rotatable bonds is 3. The van der Waals surface area contributed by atoms with Crippen molar-refractivity contribution in [3.05, 3.63) is 52.8 Å². The van der Waals surface area contributed by atoms with E-state index in [0.717, 1.165) is 41.8 Å². The molecule has 1 heterocycles. The molecular formula is C18H15N3O2. The molecule has 0 saturated heterocycles. The summed E-state index contributed by atoms with van der Waals surface area (Å²) >= 11 is 0. The molecule has 2 unspecified atom stereocenters. The van der Waals surface area contributed by atoms with Gasteiger partial charge in [-0.15, -0.1) is 0 Å². The van der Waals surface area contributed by atoms with Gasteiger partial charge in [-0.25, -0.2) is 9.78 Å². The number of nitrogens with zero attached hydrogens (tertiary/aromatic N) is 2. The number of carbonyl (C=O) groups is 1. The van der Waals surface area contributed by atoms with Gasteiger partial charge in [-0.3, -0.25) is 0 Å². The topological polar surface area (TPSA) is 86.0 Å². The Labute approximate surface area is 133 Å². The predicted molar refractivity (Wildman–Crippen MR) is 85.0 cm³/mol. The van der Waals surface area contributed by atoms with Crippen LogP contribution in [0.2, 0.25) is 0 Å². The maximum absolute atomic E-state index is 11.5. The normalized spacial score (nSPS) is 20.8. The molecule has 114 valence electrons. The zero-order chi connectivity index (χ0) is 16.0. The molecule has 1 aromatic carbocycles. The molecule has 0 aliphatic heterocycles. The van der Waals surface area contributed by atoms with Crippen molar-refractivity contribution < 1.29 is 9.90 Å². The van der Waals surface area contributed by atoms with Gasteiger partial charge in [-0.2, -0.15) is 5.26 Å². The lowest BCUT2D eigenvalue weighted by atomic mass is 9.89. The minimum Gasteiger partial charge on any atom is -0.477 e. The zero-order valence-corrected chi connectivity index (χ0v) is 12.4. The van der Waals surface area contributed by atoms with Gasteiger partial charge in [0.2, 0.25) is 0 Å². The third-order valence-corrected chi connectivity index (χ3v) is 4.88. The van der Waals surface area contributed by atoms with Gasteiger partial charge in [0.1, 0.15) is 0 Å². The van der Waals surface area contributed by atoms with Crippen LogP contribution in [0.15, 0.2) is 30.5 Å². The second kappa shape index (κ2) is 5.10. The molecule has 0 amide bonds. The van der Waals surface area contributed by atoms with E-state index in [1.165, 1.54) is 0 Å². The first-order valence-corrected chi connectivity index (χ1v) is 7.70. The Morgan fingerprint density at radius 3 is 2.83 bits per heavy atom. The molecule has 1 aromatic heterocycles. The monoisotopic (exact) mass is 305 g/mol. The summed E-state index contributed by atoms with van der Waals surface area (Å²) < 4.78 is 0. The Hall–Kier alpha value is -2.87. The molecule has 2 atom stereocenters. The van der Waals surface area contributed by atoms with Crippen LogP contribution in [0.1, 0.15) is 58.3 Å². The van der Waals surface area contributed by atoms with E-state index < -0.39 is 5.97 Å². The van der Waals surface area contributed by atoms with E-state index in [4.69, 9.17) is 5.26 Å². The average Bonchev–Trinajstić information content (AvgIpc) is 3.17. The minimum atomic E-state index is -0.952. The molecular weight excluding hydrogens is 290 g/mol. The number of anilines is 2. The van der Waals surface area contributed by atoms with E-state index in [2.05, 4.69) is 16.4 Å². The fraction of sp³-hybridized carbons (Fsp3) is 0.278. The zero-order valence-electron chi connectivity index (χ0n) is 12.4. The molecule has 2 bridgehead atoms. The van der Waals surface area contributed by atoms with Crippen LogP contribution in [0, 0.1) is 11.3 Å². The number of fused-ring (bicyclic) bond motifs is 5. The Morgan fingerprint density at radius 1 is 1.30 bits per heavy atom. The van der Waals surface area contributed by atoms with Gasteiger partial charge < -0.3 is 10.4 Å². The summed E-state index contributed by atoms with van der Waals surface area (Å²) in [5, 5.41) is 21.7. The lowest BCUT2D eigenvalue weighted by molar-refractivity contribution is 0.0688. The molecule has 2 N–H and O–H groups in total. The molecule has 2 aliphatic carbocycles. The van der Waals surface area contributed by atoms with Crippen molar-refractivity contribution in [2.45, 2.75) is 31.1 Å². The van der Waals surface area contributed by atoms with Crippen LogP contribution in [-0.2, 0) is 0 Å². The Balaban J connectivity index is 1.79. The van der Waals surface area contributed by atoms with Crippen molar-refractivity contribution in [1.82, 2.24) is 4.98 Å². The number of carboxylic acids is 1. The van der Waals surface area contributed by atoms with Crippen LogP contribution in [-0.4, -0.2) is 16.1 Å². The Morgan fingerprint density at radius 2 is 2.09 bits per heavy atom. The summed E-state index contributed by atoms with van der Waals surface area (Å²) in [4.78, 5) is 15.7. The molecule has 23 heavy (non-hydrogen) atoms. The van der Waals surface area contributed by atoms with Crippen molar-refractivity contribution >= 4 is 17.3 Å². The second-order valence-corrected chi connectivity index (χ2v) is 6.18. The fourth-order valence-electron chi connectivity index (χ4n) is 3.99. The third-order valence-electron chi connectivity index (χ3n) is 4.88. The lowest BCUT2D eigenvalue weighted by Gasteiger charge is -2.21. The number of aromatic nitrogens is 1. The largest absolute Gasteiger partial charge is 0.477 e. The molecule has 1 fully saturated rings. The Kier molecular flexibility index (Phi) is 3.05. The minimum absolute atomic E-state index is 0.198. The number of hydrogen-bond acceptors (Lipinski definition) is 4. The summed E-state index contributed by atoms with van der Waals surface area (Å²) in [6.07, 6.45) is 4.79. The van der Waals surface area contributed by atoms with Crippen LogP contribution < -0.4 is 5.32 Å². The van der Waals surface area contributed by atoms with Gasteiger partial charge in [-0.05, 0) is 60.4 Å². The van der Waals surface area contributed by atoms with Crippen LogP contribution in [0.3, 0.4) is 0 Å². The van der Waals surface area contributed by atoms with Crippen LogP contribution in [0.5, 0.6) is 0 Å². The maximum atomic E-state index is 11.5. The van der Waals surface area contributed by atoms with Crippen molar-refractivity contribution in [2.24, 2.45) is 0 Å². The summed E-state index contributed by atoms with van der Waals surface area (Å²) in [6.45, 7) is 0. The second-order valence-electron chi connectivity index (χ2n) is 6.18. The SMILES string of the molecule is N#Cc1cccc(Nc2cnc(C(=O)O)c3c2C2CCC3C2)c1. The number of aromatic carboxylic acids is 1. The number of hydrogen-bond donors (Lipinski definition) is 2. The van der Waals surface area contributed by atoms with E-state index in [-0.39, 0.29) is 5.69 Å². The predicted octanol–water partition coefficient (Wildman–Crippen LogP) is 3.76. The van der Waals surface area contributed by atoms with Gasteiger partial charge in [0.25, 0.3) is 0 Å². The molecule has 5 heteroatoms. The van der Waals surface area contributed by atoms with Crippen molar-refractivity contribution in [3.8, 4) is 6.07 Å². The average molecular weight is 305 g/mol. The first kappa shape index (κ1) is 13.8. The highest BCUT2D eigenvalue weighted by molar-refractivity contribution is 5.89. The van der Waals surface area contributed by atoms with E-state index in [0.29, 0.717) is 17.4 Å². The van der Waals surface area contributed by atoms with Crippen LogP contribution in [0.4, 0.5) is 11.4 Å². The number of nitrogens with one attached hydrogen (secondary N) is 1. The Bertz CT molecular complexity index is 854. The van der Waals surface area contributed by atoms with Gasteiger partial charge in [0.05, 0.1) is 23.5 Å². The summed E-state index contributed by atoms with van der Waals surface area (Å²) in [5.41, 5.74) is 4.49. The van der Waals surface area contributed by atoms with Gasteiger partial charge in [0.15, 0.2) is 5.69 Å². The molecule has 0 radical (unpaired) electrons. The fourth-order valence-corrected chi connectivity index (χ4v) is 3.99. The third kappa shape index (κ3) is 2.15. The molecule has 2 aliphatic rings.